The van der Waals surface area contributed by atoms with Crippen LogP contribution in [-0.4, -0.2) is 42.7 Å². The standard InChI is InChI=1S/C12H15NO3.C7H8O3S/c14-10-6-11(13-7-10)12(15)16-8-9-4-2-1-3-5-9;1-6-2-4-7(5-3-6)11(8,9)10/h1-5,10-11,13-14H,6-8H2;2-5H,1H3,(H,8,9,10)/t10-,11+;/m1./s1. The maximum absolute atomic E-state index is 11.6. The number of rotatable bonds is 4. The topological polar surface area (TPSA) is 113 Å². The van der Waals surface area contributed by atoms with Crippen molar-refractivity contribution in [3.8, 4) is 0 Å². The van der Waals surface area contributed by atoms with Gasteiger partial charge >= 0.3 is 5.97 Å². The van der Waals surface area contributed by atoms with Crippen LogP contribution in [0.4, 0.5) is 0 Å². The maximum Gasteiger partial charge on any atom is 0.323 e. The van der Waals surface area contributed by atoms with Gasteiger partial charge in [-0.15, -0.1) is 0 Å². The molecule has 1 heterocycles. The molecule has 0 amide bonds. The molecule has 0 bridgehead atoms. The number of aliphatic hydroxyl groups is 1. The number of aliphatic hydroxyl groups excluding tert-OH is 1. The molecule has 0 radical (unpaired) electrons. The highest BCUT2D eigenvalue weighted by Crippen LogP contribution is 2.10. The second kappa shape index (κ2) is 9.61. The van der Waals surface area contributed by atoms with Crippen molar-refractivity contribution in [1.29, 1.82) is 0 Å². The Morgan fingerprint density at radius 1 is 1.15 bits per heavy atom. The van der Waals surface area contributed by atoms with Crippen molar-refractivity contribution in [2.24, 2.45) is 0 Å². The van der Waals surface area contributed by atoms with Crippen LogP contribution in [0, 0.1) is 6.92 Å². The molecule has 7 nitrogen and oxygen atoms in total. The summed E-state index contributed by atoms with van der Waals surface area (Å²) in [4.78, 5) is 11.5. The van der Waals surface area contributed by atoms with Gasteiger partial charge in [-0.1, -0.05) is 48.0 Å². The Bertz CT molecular complexity index is 836. The third kappa shape index (κ3) is 7.10. The second-order valence-electron chi connectivity index (χ2n) is 6.23. The highest BCUT2D eigenvalue weighted by molar-refractivity contribution is 7.85. The molecule has 1 aliphatic heterocycles. The van der Waals surface area contributed by atoms with Gasteiger partial charge in [0.15, 0.2) is 0 Å². The van der Waals surface area contributed by atoms with Gasteiger partial charge < -0.3 is 15.2 Å². The lowest BCUT2D eigenvalue weighted by Crippen LogP contribution is -2.32. The van der Waals surface area contributed by atoms with Crippen LogP contribution in [0.5, 0.6) is 0 Å². The largest absolute Gasteiger partial charge is 0.460 e. The Kier molecular flexibility index (Phi) is 7.49. The number of ether oxygens (including phenoxy) is 1. The molecule has 1 saturated heterocycles. The molecule has 0 aliphatic carbocycles. The summed E-state index contributed by atoms with van der Waals surface area (Å²) in [5, 5.41) is 12.2. The van der Waals surface area contributed by atoms with E-state index in [1.165, 1.54) is 12.1 Å². The number of nitrogens with one attached hydrogen (secondary N) is 1. The Balaban J connectivity index is 0.000000208. The normalized spacial score (nSPS) is 19.1. The van der Waals surface area contributed by atoms with Crippen molar-refractivity contribution in [3.05, 3.63) is 65.7 Å². The summed E-state index contributed by atoms with van der Waals surface area (Å²) in [6, 6.07) is 15.2. The Morgan fingerprint density at radius 2 is 1.78 bits per heavy atom. The van der Waals surface area contributed by atoms with Crippen LogP contribution in [0.3, 0.4) is 0 Å². The molecule has 2 atom stereocenters. The average molecular weight is 393 g/mol. The smallest absolute Gasteiger partial charge is 0.323 e. The van der Waals surface area contributed by atoms with Crippen LogP contribution >= 0.6 is 0 Å². The first-order chi connectivity index (χ1) is 12.8. The highest BCUT2D eigenvalue weighted by Gasteiger charge is 2.29. The van der Waals surface area contributed by atoms with E-state index in [-0.39, 0.29) is 23.5 Å². The van der Waals surface area contributed by atoms with E-state index in [1.807, 2.05) is 37.3 Å². The van der Waals surface area contributed by atoms with E-state index in [2.05, 4.69) is 5.32 Å². The van der Waals surface area contributed by atoms with E-state index in [1.54, 1.807) is 12.1 Å². The van der Waals surface area contributed by atoms with Crippen molar-refractivity contribution < 1.29 is 27.6 Å². The fraction of sp³-hybridized carbons (Fsp3) is 0.316. The number of hydrogen-bond acceptors (Lipinski definition) is 6. The molecule has 3 rings (SSSR count). The van der Waals surface area contributed by atoms with Gasteiger partial charge in [0, 0.05) is 13.0 Å². The maximum atomic E-state index is 11.6. The minimum atomic E-state index is -4.02. The number of hydrogen-bond donors (Lipinski definition) is 3. The van der Waals surface area contributed by atoms with Gasteiger partial charge in [-0.3, -0.25) is 9.35 Å². The van der Waals surface area contributed by atoms with Gasteiger partial charge in [0.1, 0.15) is 12.6 Å². The lowest BCUT2D eigenvalue weighted by Gasteiger charge is -2.10. The number of esters is 1. The van der Waals surface area contributed by atoms with E-state index in [0.717, 1.165) is 11.1 Å². The molecule has 3 N–H and O–H groups in total. The molecule has 1 fully saturated rings. The van der Waals surface area contributed by atoms with Crippen LogP contribution < -0.4 is 5.32 Å². The van der Waals surface area contributed by atoms with Crippen LogP contribution in [0.15, 0.2) is 59.5 Å². The van der Waals surface area contributed by atoms with Crippen molar-refractivity contribution in [2.45, 2.75) is 37.0 Å². The van der Waals surface area contributed by atoms with Crippen LogP contribution in [0.1, 0.15) is 17.5 Å². The molecule has 8 heteroatoms. The lowest BCUT2D eigenvalue weighted by atomic mass is 10.2. The van der Waals surface area contributed by atoms with Crippen molar-refractivity contribution in [2.75, 3.05) is 6.54 Å². The zero-order chi connectivity index (χ0) is 19.9. The predicted molar refractivity (Wildman–Crippen MR) is 99.6 cm³/mol. The van der Waals surface area contributed by atoms with Gasteiger partial charge in [0.05, 0.1) is 11.0 Å². The first kappa shape index (κ1) is 21.0. The molecule has 0 unspecified atom stereocenters. The number of carbonyl (C=O) groups is 1. The third-order valence-electron chi connectivity index (χ3n) is 3.93. The SMILES string of the molecule is Cc1ccc(S(=O)(=O)O)cc1.O=C(OCc1ccccc1)[C@@H]1C[C@@H](O)CN1. The van der Waals surface area contributed by atoms with Gasteiger partial charge in [-0.2, -0.15) is 8.42 Å². The lowest BCUT2D eigenvalue weighted by molar-refractivity contribution is -0.147. The van der Waals surface area contributed by atoms with E-state index >= 15 is 0 Å². The number of benzene rings is 2. The van der Waals surface area contributed by atoms with Crippen LogP contribution in [0.25, 0.3) is 0 Å². The first-order valence-electron chi connectivity index (χ1n) is 8.42. The predicted octanol–water partition coefficient (Wildman–Crippen LogP) is 1.69. The Hall–Kier alpha value is -2.26. The zero-order valence-electron chi connectivity index (χ0n) is 14.9. The first-order valence-corrected chi connectivity index (χ1v) is 9.86. The summed E-state index contributed by atoms with van der Waals surface area (Å²) in [6.45, 7) is 2.59. The Labute approximate surface area is 158 Å². The van der Waals surface area contributed by atoms with Crippen molar-refractivity contribution in [3.63, 3.8) is 0 Å². The van der Waals surface area contributed by atoms with E-state index in [9.17, 15) is 18.3 Å². The minimum absolute atomic E-state index is 0.0666. The van der Waals surface area contributed by atoms with Gasteiger partial charge in [0.25, 0.3) is 10.1 Å². The number of aryl methyl sites for hydroxylation is 1. The van der Waals surface area contributed by atoms with Crippen LogP contribution in [0.2, 0.25) is 0 Å². The summed E-state index contributed by atoms with van der Waals surface area (Å²) in [5.41, 5.74) is 1.92. The minimum Gasteiger partial charge on any atom is -0.460 e. The van der Waals surface area contributed by atoms with E-state index < -0.39 is 16.2 Å². The molecular weight excluding hydrogens is 370 g/mol. The van der Waals surface area contributed by atoms with Crippen molar-refractivity contribution >= 4 is 16.1 Å². The average Bonchev–Trinajstić information content (AvgIpc) is 3.07. The molecule has 2 aromatic rings. The molecule has 1 aliphatic rings. The molecule has 146 valence electrons. The molecule has 0 saturated carbocycles. The van der Waals surface area contributed by atoms with Gasteiger partial charge in [-0.05, 0) is 24.6 Å². The van der Waals surface area contributed by atoms with E-state index in [0.29, 0.717) is 13.0 Å². The van der Waals surface area contributed by atoms with E-state index in [4.69, 9.17) is 9.29 Å². The molecule has 27 heavy (non-hydrogen) atoms. The third-order valence-corrected chi connectivity index (χ3v) is 4.80. The summed E-state index contributed by atoms with van der Waals surface area (Å²) < 4.78 is 34.7. The summed E-state index contributed by atoms with van der Waals surface area (Å²) in [7, 11) is -4.02. The highest BCUT2D eigenvalue weighted by atomic mass is 32.2. The monoisotopic (exact) mass is 393 g/mol. The second-order valence-corrected chi connectivity index (χ2v) is 7.65. The molecule has 2 aromatic carbocycles. The molecule has 0 aromatic heterocycles. The fourth-order valence-corrected chi connectivity index (χ4v) is 2.92. The summed E-state index contributed by atoms with van der Waals surface area (Å²) in [5.74, 6) is -0.291. The zero-order valence-corrected chi connectivity index (χ0v) is 15.7. The molecular formula is C19H23NO6S. The van der Waals surface area contributed by atoms with Crippen molar-refractivity contribution in [1.82, 2.24) is 5.32 Å². The molecule has 0 spiro atoms. The fourth-order valence-electron chi connectivity index (χ4n) is 2.44. The summed E-state index contributed by atoms with van der Waals surface area (Å²) in [6.07, 6.45) is 0.00226. The van der Waals surface area contributed by atoms with Crippen LogP contribution in [-0.2, 0) is 26.3 Å². The quantitative estimate of drug-likeness (QED) is 0.535. The summed E-state index contributed by atoms with van der Waals surface area (Å²) >= 11 is 0. The number of carbonyl (C=O) groups excluding carboxylic acids is 1. The van der Waals surface area contributed by atoms with Gasteiger partial charge in [0.2, 0.25) is 0 Å². The Morgan fingerprint density at radius 3 is 2.30 bits per heavy atom. The number of β-amino-alcohol motifs (C(OH)–C–C–N with tert-alkyl or cyclic N) is 1. The van der Waals surface area contributed by atoms with Gasteiger partial charge in [-0.25, -0.2) is 0 Å².